The molecule has 0 spiro atoms. The van der Waals surface area contributed by atoms with Gasteiger partial charge in [-0.25, -0.2) is 18.2 Å². The molecule has 9 atom stereocenters. The summed E-state index contributed by atoms with van der Waals surface area (Å²) in [7, 11) is 0. The van der Waals surface area contributed by atoms with Crippen LogP contribution in [0.4, 0.5) is 5.69 Å². The number of anilines is 1. The van der Waals surface area contributed by atoms with Crippen LogP contribution >= 0.6 is 0 Å². The molecule has 1 unspecified atom stereocenters. The van der Waals surface area contributed by atoms with Gasteiger partial charge in [0.05, 0.1) is 24.6 Å². The number of amides is 8. The summed E-state index contributed by atoms with van der Waals surface area (Å²) in [5.41, 5.74) is 32.0. The predicted molar refractivity (Wildman–Crippen MR) is 258 cm³/mol. The Morgan fingerprint density at radius 2 is 1.40 bits per heavy atom. The number of hydrogen-bond donors (Lipinski definition) is 11. The summed E-state index contributed by atoms with van der Waals surface area (Å²) < 4.78 is 0. The molecule has 6 rings (SSSR count). The van der Waals surface area contributed by atoms with Crippen molar-refractivity contribution in [3.8, 4) is 0 Å². The predicted octanol–water partition coefficient (Wildman–Crippen LogP) is 0.0150. The van der Waals surface area contributed by atoms with Crippen molar-refractivity contribution >= 4 is 63.8 Å². The van der Waals surface area contributed by atoms with Crippen molar-refractivity contribution in [2.24, 2.45) is 40.7 Å². The Kier molecular flexibility index (Phi) is 20.7. The molecule has 2 aliphatic rings. The number of H-pyrrole nitrogens is 1. The molecule has 0 bridgehead atoms. The number of carbonyl (C=O) groups excluding carboxylic acids is 8. The van der Waals surface area contributed by atoms with E-state index in [0.29, 0.717) is 18.5 Å². The SMILES string of the molecule is CC[C@H](C)[C@H](N)C(=O)N[C@@H](CC(N)=O)C(=O)N[C@@H](CC(N)=O)C(=O)N[C@H](C(=O)N1CC(C2=CN(c3ccc[cH-]3)NN2)C[C@H]1C(=O)N[C@@H](Cc1c[nH]c2ccccc12)C(N)=O)[C@@H](C)CC.[Fe+2].c1cc[cH-]c1. The number of nitrogens with zero attached hydrogens (tertiary/aromatic N) is 2. The number of para-hydroxylation sites is 1. The third-order valence-corrected chi connectivity index (χ3v) is 12.6. The van der Waals surface area contributed by atoms with Gasteiger partial charge in [-0.2, -0.15) is 30.3 Å². The third-order valence-electron chi connectivity index (χ3n) is 12.6. The number of carbonyl (C=O) groups is 8. The number of primary amides is 3. The van der Waals surface area contributed by atoms with Gasteiger partial charge >= 0.3 is 17.1 Å². The van der Waals surface area contributed by atoms with Crippen LogP contribution in [0.25, 0.3) is 10.9 Å². The minimum atomic E-state index is -1.67. The summed E-state index contributed by atoms with van der Waals surface area (Å²) in [6, 6.07) is 17.1. The summed E-state index contributed by atoms with van der Waals surface area (Å²) >= 11 is 0. The molecule has 0 aliphatic carbocycles. The van der Waals surface area contributed by atoms with Gasteiger partial charge in [0.25, 0.3) is 0 Å². The fourth-order valence-corrected chi connectivity index (χ4v) is 8.07. The van der Waals surface area contributed by atoms with Crippen molar-refractivity contribution in [3.05, 3.63) is 103 Å². The van der Waals surface area contributed by atoms with Gasteiger partial charge in [0.1, 0.15) is 30.2 Å². The third kappa shape index (κ3) is 14.8. The first-order chi connectivity index (χ1) is 32.9. The van der Waals surface area contributed by atoms with E-state index in [9.17, 15) is 38.4 Å². The summed E-state index contributed by atoms with van der Waals surface area (Å²) in [5.74, 6) is -8.06. The second-order valence-corrected chi connectivity index (χ2v) is 17.5. The number of nitrogens with one attached hydrogen (secondary N) is 7. The molecule has 1 saturated heterocycles. The van der Waals surface area contributed by atoms with Crippen LogP contribution in [0.2, 0.25) is 0 Å². The minimum absolute atomic E-state index is 0. The van der Waals surface area contributed by atoms with Crippen LogP contribution in [-0.4, -0.2) is 99.9 Å². The van der Waals surface area contributed by atoms with Crippen LogP contribution in [0.5, 0.6) is 0 Å². The first-order valence-corrected chi connectivity index (χ1v) is 23.0. The zero-order chi connectivity index (χ0) is 50.4. The summed E-state index contributed by atoms with van der Waals surface area (Å²) in [5, 5.41) is 12.8. The number of aromatic amines is 1. The van der Waals surface area contributed by atoms with E-state index >= 15 is 0 Å². The molecule has 3 heterocycles. The van der Waals surface area contributed by atoms with Gasteiger partial charge in [-0.1, -0.05) is 64.4 Å². The average molecular weight is 1010 g/mol. The Hall–Kier alpha value is -7.00. The van der Waals surface area contributed by atoms with Gasteiger partial charge in [-0.3, -0.25) is 43.4 Å². The molecule has 4 aromatic rings. The van der Waals surface area contributed by atoms with E-state index in [4.69, 9.17) is 22.9 Å². The van der Waals surface area contributed by atoms with E-state index < -0.39 is 108 Å². The number of hydrazine groups is 2. The number of aromatic nitrogens is 1. The minimum Gasteiger partial charge on any atom is -0.370 e. The van der Waals surface area contributed by atoms with E-state index in [1.165, 1.54) is 4.90 Å². The molecule has 378 valence electrons. The Labute approximate surface area is 417 Å². The van der Waals surface area contributed by atoms with E-state index in [1.54, 1.807) is 32.0 Å². The van der Waals surface area contributed by atoms with Crippen molar-refractivity contribution < 1.29 is 55.4 Å². The standard InChI is InChI=1S/C43H60N13O8.C5H5.Fe/c1-5-22(3)36(46)42(63)51-30(17-34(44)57)39(60)50-31(18-35(45)58)40(61)52-37(23(4)6-2)43(64)55-20-25(32-21-56(54-53-32)26-11-7-8-12-26)16-33(55)41(62)49-29(38(47)59)15-24-19-48-28-14-10-9-13-27(24)28;1-2-4-5-3-1;/h7-14,19,21-23,25,29-31,33,36-37,48,53-54H,5-6,15-18,20,46H2,1-4H3,(H2,44,57)(H2,45,58)(H2,47,59)(H,49,62)(H,50,60)(H,51,63)(H,52,61);1-5H;/q2*-1;+2/t22-,23-,25?,29-,30-,31-,33-,36-,37-;;/m0../s1. The van der Waals surface area contributed by atoms with Crippen LogP contribution in [0, 0.1) is 17.8 Å². The Bertz CT molecular complexity index is 2420. The molecule has 8 amide bonds. The van der Waals surface area contributed by atoms with E-state index in [1.807, 2.05) is 92.0 Å². The molecule has 15 N–H and O–H groups in total. The topological polar surface area (TPSA) is 335 Å². The molecule has 70 heavy (non-hydrogen) atoms. The summed E-state index contributed by atoms with van der Waals surface area (Å²) in [4.78, 5) is 111. The van der Waals surface area contributed by atoms with Gasteiger partial charge in [0.15, 0.2) is 0 Å². The molecule has 22 heteroatoms. The normalized spacial score (nSPS) is 18.2. The smallest absolute Gasteiger partial charge is 0.370 e. The quantitative estimate of drug-likeness (QED) is 0.0367. The summed E-state index contributed by atoms with van der Waals surface area (Å²) in [6.45, 7) is 7.06. The zero-order valence-electron chi connectivity index (χ0n) is 39.6. The van der Waals surface area contributed by atoms with Gasteiger partial charge < -0.3 is 59.5 Å². The number of benzene rings is 1. The van der Waals surface area contributed by atoms with Gasteiger partial charge in [0, 0.05) is 42.2 Å². The number of nitrogens with two attached hydrogens (primary N) is 4. The fourth-order valence-electron chi connectivity index (χ4n) is 8.07. The van der Waals surface area contributed by atoms with Crippen molar-refractivity contribution in [3.63, 3.8) is 0 Å². The van der Waals surface area contributed by atoms with Crippen LogP contribution in [0.15, 0.2) is 97.0 Å². The molecular formula is C48H65FeN13O8. The first kappa shape index (κ1) is 55.6. The van der Waals surface area contributed by atoms with Crippen molar-refractivity contribution in [2.75, 3.05) is 11.6 Å². The van der Waals surface area contributed by atoms with Crippen molar-refractivity contribution in [2.45, 2.75) is 102 Å². The maximum absolute atomic E-state index is 14.9. The molecule has 0 saturated carbocycles. The number of likely N-dealkylation sites (tertiary alicyclic amines) is 1. The maximum atomic E-state index is 14.9. The molecule has 21 nitrogen and oxygen atoms in total. The number of hydrogen-bond acceptors (Lipinski definition) is 12. The van der Waals surface area contributed by atoms with Crippen LogP contribution in [-0.2, 0) is 61.8 Å². The monoisotopic (exact) mass is 1010 g/mol. The van der Waals surface area contributed by atoms with Gasteiger partial charge in [0.2, 0.25) is 47.3 Å². The molecule has 1 aromatic heterocycles. The molecule has 3 aromatic carbocycles. The van der Waals surface area contributed by atoms with Gasteiger partial charge in [-0.05, 0) is 29.9 Å². The van der Waals surface area contributed by atoms with Crippen LogP contribution in [0.3, 0.4) is 0 Å². The van der Waals surface area contributed by atoms with Crippen LogP contribution < -0.4 is 60.2 Å². The molecule has 2 aliphatic heterocycles. The average Bonchev–Trinajstić information content (AvgIpc) is 4.19. The molecular weight excluding hydrogens is 942 g/mol. The van der Waals surface area contributed by atoms with Crippen molar-refractivity contribution in [1.82, 2.24) is 42.1 Å². The Morgan fingerprint density at radius 1 is 0.771 bits per heavy atom. The zero-order valence-corrected chi connectivity index (χ0v) is 40.7. The van der Waals surface area contributed by atoms with E-state index in [-0.39, 0.29) is 42.4 Å². The van der Waals surface area contributed by atoms with Crippen LogP contribution in [0.1, 0.15) is 65.4 Å². The Balaban J connectivity index is 0.00000167. The largest absolute Gasteiger partial charge is 2.00 e. The number of rotatable bonds is 22. The maximum Gasteiger partial charge on any atom is 2.00 e. The molecule has 0 radical (unpaired) electrons. The van der Waals surface area contributed by atoms with Gasteiger partial charge in [-0.15, -0.1) is 11.6 Å². The Morgan fingerprint density at radius 3 is 1.97 bits per heavy atom. The van der Waals surface area contributed by atoms with E-state index in [2.05, 4.69) is 37.2 Å². The second-order valence-electron chi connectivity index (χ2n) is 17.5. The number of fused-ring (bicyclic) bond motifs is 1. The van der Waals surface area contributed by atoms with E-state index in [0.717, 1.165) is 22.2 Å². The van der Waals surface area contributed by atoms with Crippen molar-refractivity contribution in [1.29, 1.82) is 0 Å². The second kappa shape index (κ2) is 26.1. The fraction of sp³-hybridized carbons (Fsp3) is 0.417. The first-order valence-electron chi connectivity index (χ1n) is 23.0. The summed E-state index contributed by atoms with van der Waals surface area (Å²) in [6.07, 6.45) is 3.24. The molecule has 1 fully saturated rings.